The molecule has 0 unspecified atom stereocenters. The fraction of sp³-hybridized carbons (Fsp3) is 0.556. The highest BCUT2D eigenvalue weighted by molar-refractivity contribution is 5.92. The van der Waals surface area contributed by atoms with Gasteiger partial charge in [0.05, 0.1) is 34.3 Å². The first kappa shape index (κ1) is 20.8. The molecule has 0 spiro atoms. The number of carbonyl (C=O) groups excluding carboxylic acids is 2. The van der Waals surface area contributed by atoms with Gasteiger partial charge in [-0.2, -0.15) is 0 Å². The van der Waals surface area contributed by atoms with Crippen molar-refractivity contribution in [1.82, 2.24) is 4.90 Å². The topological polar surface area (TPSA) is 77.1 Å². The summed E-state index contributed by atoms with van der Waals surface area (Å²) in [6.45, 7) is 5.51. The Morgan fingerprint density at radius 3 is 2.16 bits per heavy atom. The van der Waals surface area contributed by atoms with Crippen LogP contribution in [-0.4, -0.2) is 57.7 Å². The molecule has 1 N–H and O–H groups in total. The molecule has 1 rings (SSSR count). The van der Waals surface area contributed by atoms with Crippen molar-refractivity contribution in [3.63, 3.8) is 0 Å². The number of esters is 1. The molecule has 140 valence electrons. The van der Waals surface area contributed by atoms with Gasteiger partial charge < -0.3 is 19.5 Å². The van der Waals surface area contributed by atoms with Crippen LogP contribution in [-0.2, 0) is 14.3 Å². The lowest BCUT2D eigenvalue weighted by atomic mass is 10.2. The summed E-state index contributed by atoms with van der Waals surface area (Å²) in [6, 6.07) is 5.18. The van der Waals surface area contributed by atoms with E-state index < -0.39 is 0 Å². The molecular formula is C18H28N2O5. The van der Waals surface area contributed by atoms with Gasteiger partial charge >= 0.3 is 5.97 Å². The fourth-order valence-corrected chi connectivity index (χ4v) is 2.39. The third-order valence-corrected chi connectivity index (χ3v) is 3.49. The van der Waals surface area contributed by atoms with Gasteiger partial charge in [-0.3, -0.25) is 14.5 Å². The van der Waals surface area contributed by atoms with Crippen LogP contribution in [0.1, 0.15) is 20.3 Å². The van der Waals surface area contributed by atoms with Crippen LogP contribution < -0.4 is 14.8 Å². The summed E-state index contributed by atoms with van der Waals surface area (Å²) in [6.07, 6.45) is 0.253. The lowest BCUT2D eigenvalue weighted by Gasteiger charge is -2.23. The molecule has 0 radical (unpaired) electrons. The first-order valence-electron chi connectivity index (χ1n) is 8.20. The maximum Gasteiger partial charge on any atom is 0.306 e. The number of carbonyl (C=O) groups is 2. The first-order chi connectivity index (χ1) is 11.9. The average molecular weight is 352 g/mol. The summed E-state index contributed by atoms with van der Waals surface area (Å²) in [5.41, 5.74) is 0.596. The zero-order chi connectivity index (χ0) is 18.8. The standard InChI is InChI=1S/C18H28N2O5/c1-13(2)11-20(7-6-18(22)25-5)12-17(21)19-14-8-15(23-3)10-16(9-14)24-4/h8-10,13H,6-7,11-12H2,1-5H3,(H,19,21). The molecule has 0 heterocycles. The monoisotopic (exact) mass is 352 g/mol. The normalized spacial score (nSPS) is 10.7. The molecule has 7 nitrogen and oxygen atoms in total. The Kier molecular flexibility index (Phi) is 8.77. The largest absolute Gasteiger partial charge is 0.497 e. The van der Waals surface area contributed by atoms with Gasteiger partial charge in [0.1, 0.15) is 11.5 Å². The summed E-state index contributed by atoms with van der Waals surface area (Å²) in [7, 11) is 4.47. The molecule has 1 amide bonds. The van der Waals surface area contributed by atoms with E-state index in [4.69, 9.17) is 9.47 Å². The van der Waals surface area contributed by atoms with Gasteiger partial charge in [-0.15, -0.1) is 0 Å². The number of hydrogen-bond donors (Lipinski definition) is 1. The second kappa shape index (κ2) is 10.6. The van der Waals surface area contributed by atoms with Crippen LogP contribution in [0.15, 0.2) is 18.2 Å². The van der Waals surface area contributed by atoms with Crippen LogP contribution in [0.3, 0.4) is 0 Å². The highest BCUT2D eigenvalue weighted by Gasteiger charge is 2.15. The minimum absolute atomic E-state index is 0.166. The number of methoxy groups -OCH3 is 3. The van der Waals surface area contributed by atoms with Crippen LogP contribution in [0.25, 0.3) is 0 Å². The Labute approximate surface area is 149 Å². The van der Waals surface area contributed by atoms with Gasteiger partial charge in [0, 0.05) is 37.0 Å². The van der Waals surface area contributed by atoms with Crippen molar-refractivity contribution in [3.05, 3.63) is 18.2 Å². The van der Waals surface area contributed by atoms with Gasteiger partial charge in [-0.25, -0.2) is 0 Å². The van der Waals surface area contributed by atoms with Gasteiger partial charge in [-0.05, 0) is 5.92 Å². The summed E-state index contributed by atoms with van der Waals surface area (Å²) >= 11 is 0. The Hall–Kier alpha value is -2.28. The number of benzene rings is 1. The second-order valence-electron chi connectivity index (χ2n) is 6.10. The molecule has 7 heteroatoms. The van der Waals surface area contributed by atoms with Gasteiger partial charge in [0.15, 0.2) is 0 Å². The molecule has 0 atom stereocenters. The van der Waals surface area contributed by atoms with E-state index in [0.29, 0.717) is 36.2 Å². The zero-order valence-corrected chi connectivity index (χ0v) is 15.6. The molecular weight excluding hydrogens is 324 g/mol. The predicted octanol–water partition coefficient (Wildman–Crippen LogP) is 2.16. The lowest BCUT2D eigenvalue weighted by Crippen LogP contribution is -2.37. The second-order valence-corrected chi connectivity index (χ2v) is 6.10. The maximum atomic E-state index is 12.4. The van der Waals surface area contributed by atoms with E-state index in [-0.39, 0.29) is 24.8 Å². The number of anilines is 1. The van der Waals surface area contributed by atoms with E-state index >= 15 is 0 Å². The third-order valence-electron chi connectivity index (χ3n) is 3.49. The highest BCUT2D eigenvalue weighted by Crippen LogP contribution is 2.25. The summed E-state index contributed by atoms with van der Waals surface area (Å²) in [5.74, 6) is 1.12. The zero-order valence-electron chi connectivity index (χ0n) is 15.6. The lowest BCUT2D eigenvalue weighted by molar-refractivity contribution is -0.141. The van der Waals surface area contributed by atoms with Crippen LogP contribution in [0.4, 0.5) is 5.69 Å². The highest BCUT2D eigenvalue weighted by atomic mass is 16.5. The van der Waals surface area contributed by atoms with Crippen molar-refractivity contribution in [1.29, 1.82) is 0 Å². The van der Waals surface area contributed by atoms with E-state index in [1.165, 1.54) is 7.11 Å². The first-order valence-corrected chi connectivity index (χ1v) is 8.20. The Bertz CT molecular complexity index is 552. The van der Waals surface area contributed by atoms with Crippen LogP contribution in [0.5, 0.6) is 11.5 Å². The summed E-state index contributed by atoms with van der Waals surface area (Å²) in [4.78, 5) is 25.6. The van der Waals surface area contributed by atoms with Crippen molar-refractivity contribution in [2.45, 2.75) is 20.3 Å². The molecule has 0 aliphatic carbocycles. The molecule has 0 fully saturated rings. The summed E-state index contributed by atoms with van der Waals surface area (Å²) in [5, 5.41) is 2.84. The third kappa shape index (κ3) is 7.89. The Balaban J connectivity index is 2.71. The Morgan fingerprint density at radius 1 is 1.08 bits per heavy atom. The van der Waals surface area contributed by atoms with E-state index in [2.05, 4.69) is 23.9 Å². The number of amides is 1. The van der Waals surface area contributed by atoms with Crippen molar-refractivity contribution in [2.75, 3.05) is 46.3 Å². The number of ether oxygens (including phenoxy) is 3. The smallest absolute Gasteiger partial charge is 0.306 e. The molecule has 1 aromatic carbocycles. The van der Waals surface area contributed by atoms with E-state index in [1.807, 2.05) is 4.90 Å². The quantitative estimate of drug-likeness (QED) is 0.650. The van der Waals surface area contributed by atoms with Crippen molar-refractivity contribution < 1.29 is 23.8 Å². The molecule has 0 aliphatic rings. The predicted molar refractivity (Wildman–Crippen MR) is 96.1 cm³/mol. The van der Waals surface area contributed by atoms with E-state index in [0.717, 1.165) is 0 Å². The van der Waals surface area contributed by atoms with Crippen LogP contribution in [0.2, 0.25) is 0 Å². The minimum atomic E-state index is -0.285. The summed E-state index contributed by atoms with van der Waals surface area (Å²) < 4.78 is 15.1. The average Bonchev–Trinajstić information content (AvgIpc) is 2.58. The van der Waals surface area contributed by atoms with Gasteiger partial charge in [-0.1, -0.05) is 13.8 Å². The molecule has 0 saturated carbocycles. The van der Waals surface area contributed by atoms with Crippen molar-refractivity contribution in [3.8, 4) is 11.5 Å². The SMILES string of the molecule is COC(=O)CCN(CC(=O)Nc1cc(OC)cc(OC)c1)CC(C)C. The van der Waals surface area contributed by atoms with Crippen LogP contribution >= 0.6 is 0 Å². The van der Waals surface area contributed by atoms with Gasteiger partial charge in [0.2, 0.25) is 5.91 Å². The van der Waals surface area contributed by atoms with E-state index in [9.17, 15) is 9.59 Å². The van der Waals surface area contributed by atoms with Gasteiger partial charge in [0.25, 0.3) is 0 Å². The molecule has 0 saturated heterocycles. The van der Waals surface area contributed by atoms with Crippen LogP contribution in [0, 0.1) is 5.92 Å². The number of nitrogens with zero attached hydrogens (tertiary/aromatic N) is 1. The number of rotatable bonds is 10. The minimum Gasteiger partial charge on any atom is -0.497 e. The Morgan fingerprint density at radius 2 is 1.68 bits per heavy atom. The molecule has 1 aromatic rings. The molecule has 0 aromatic heterocycles. The van der Waals surface area contributed by atoms with Crippen molar-refractivity contribution >= 4 is 17.6 Å². The van der Waals surface area contributed by atoms with Crippen molar-refractivity contribution in [2.24, 2.45) is 5.92 Å². The number of hydrogen-bond acceptors (Lipinski definition) is 6. The molecule has 0 bridgehead atoms. The fourth-order valence-electron chi connectivity index (χ4n) is 2.39. The van der Waals surface area contributed by atoms with E-state index in [1.54, 1.807) is 32.4 Å². The molecule has 0 aliphatic heterocycles. The number of nitrogens with one attached hydrogen (secondary N) is 1. The molecule has 25 heavy (non-hydrogen) atoms. The maximum absolute atomic E-state index is 12.4.